The average Bonchev–Trinajstić information content (AvgIpc) is 2.73. The van der Waals surface area contributed by atoms with Crippen LogP contribution in [0.1, 0.15) is 18.4 Å². The lowest BCUT2D eigenvalue weighted by Gasteiger charge is -2.31. The predicted octanol–water partition coefficient (Wildman–Crippen LogP) is 3.65. The smallest absolute Gasteiger partial charge is 0.220 e. The van der Waals surface area contributed by atoms with E-state index in [2.05, 4.69) is 4.90 Å². The summed E-state index contributed by atoms with van der Waals surface area (Å²) in [5, 5.41) is 0.993. The third-order valence-corrected chi connectivity index (χ3v) is 5.20. The Hall–Kier alpha value is -3.15. The molecule has 144 valence electrons. The summed E-state index contributed by atoms with van der Waals surface area (Å²) >= 11 is 0. The predicted molar refractivity (Wildman–Crippen MR) is 107 cm³/mol. The maximum absolute atomic E-state index is 13.1. The molecule has 2 N–H and O–H groups in total. The molecule has 5 nitrogen and oxygen atoms in total. The number of ether oxygens (including phenoxy) is 1. The number of carbonyl (C=O) groups excluding carboxylic acids is 1. The molecule has 2 aromatic carbocycles. The minimum atomic E-state index is -0.264. The number of aromatic nitrogens is 1. The lowest BCUT2D eigenvalue weighted by Crippen LogP contribution is -2.38. The van der Waals surface area contributed by atoms with Crippen molar-refractivity contribution in [2.75, 3.05) is 18.0 Å². The van der Waals surface area contributed by atoms with Crippen molar-refractivity contribution in [1.82, 2.24) is 4.98 Å². The second-order valence-electron chi connectivity index (χ2n) is 7.08. The van der Waals surface area contributed by atoms with E-state index >= 15 is 0 Å². The second-order valence-corrected chi connectivity index (χ2v) is 7.08. The first-order chi connectivity index (χ1) is 13.6. The molecule has 1 amide bonds. The Morgan fingerprint density at radius 3 is 2.57 bits per heavy atom. The van der Waals surface area contributed by atoms with E-state index < -0.39 is 0 Å². The van der Waals surface area contributed by atoms with Crippen molar-refractivity contribution in [3.63, 3.8) is 0 Å². The fraction of sp³-hybridized carbons (Fsp3) is 0.273. The van der Waals surface area contributed by atoms with E-state index in [-0.39, 0.29) is 17.6 Å². The third-order valence-electron chi connectivity index (χ3n) is 5.20. The van der Waals surface area contributed by atoms with Gasteiger partial charge in [-0.3, -0.25) is 4.79 Å². The Morgan fingerprint density at radius 2 is 1.86 bits per heavy atom. The van der Waals surface area contributed by atoms with Crippen LogP contribution in [-0.2, 0) is 11.4 Å². The van der Waals surface area contributed by atoms with Crippen LogP contribution in [0.25, 0.3) is 10.9 Å². The summed E-state index contributed by atoms with van der Waals surface area (Å²) in [4.78, 5) is 18.4. The molecule has 3 aromatic rings. The van der Waals surface area contributed by atoms with Crippen LogP contribution in [0.2, 0.25) is 0 Å². The zero-order chi connectivity index (χ0) is 19.5. The summed E-state index contributed by atoms with van der Waals surface area (Å²) in [6, 6.07) is 16.1. The highest BCUT2D eigenvalue weighted by atomic mass is 19.1. The Labute approximate surface area is 162 Å². The van der Waals surface area contributed by atoms with Crippen molar-refractivity contribution in [3.8, 4) is 5.75 Å². The van der Waals surface area contributed by atoms with E-state index in [1.807, 2.05) is 30.3 Å². The van der Waals surface area contributed by atoms with Gasteiger partial charge < -0.3 is 15.4 Å². The quantitative estimate of drug-likeness (QED) is 0.735. The number of rotatable bonds is 5. The van der Waals surface area contributed by atoms with Gasteiger partial charge in [0.2, 0.25) is 5.91 Å². The van der Waals surface area contributed by atoms with E-state index in [4.69, 9.17) is 15.5 Å². The van der Waals surface area contributed by atoms with Crippen LogP contribution in [0.5, 0.6) is 5.75 Å². The Kier molecular flexibility index (Phi) is 5.10. The van der Waals surface area contributed by atoms with Gasteiger partial charge in [-0.15, -0.1) is 0 Å². The summed E-state index contributed by atoms with van der Waals surface area (Å²) in [5.41, 5.74) is 7.11. The molecule has 1 aliphatic heterocycles. The molecular weight excluding hydrogens is 357 g/mol. The summed E-state index contributed by atoms with van der Waals surface area (Å²) in [5.74, 6) is 1.03. The zero-order valence-corrected chi connectivity index (χ0v) is 15.5. The van der Waals surface area contributed by atoms with Gasteiger partial charge in [-0.2, -0.15) is 0 Å². The SMILES string of the molecule is NC(=O)C1CCN(c2ccc3cccc(OCc4ccc(F)cc4)c3n2)CC1. The van der Waals surface area contributed by atoms with Crippen LogP contribution < -0.4 is 15.4 Å². The number of fused-ring (bicyclic) bond motifs is 1. The number of carbonyl (C=O) groups is 1. The minimum Gasteiger partial charge on any atom is -0.487 e. The molecule has 2 heterocycles. The van der Waals surface area contributed by atoms with Crippen molar-refractivity contribution >= 4 is 22.6 Å². The number of nitrogens with two attached hydrogens (primary N) is 1. The van der Waals surface area contributed by atoms with Gasteiger partial charge in [0.1, 0.15) is 29.5 Å². The van der Waals surface area contributed by atoms with Crippen molar-refractivity contribution in [2.45, 2.75) is 19.4 Å². The Bertz CT molecular complexity index is 983. The summed E-state index contributed by atoms with van der Waals surface area (Å²) in [7, 11) is 0. The van der Waals surface area contributed by atoms with E-state index in [1.54, 1.807) is 12.1 Å². The number of nitrogens with zero attached hydrogens (tertiary/aromatic N) is 2. The average molecular weight is 379 g/mol. The molecule has 0 spiro atoms. The van der Waals surface area contributed by atoms with Crippen molar-refractivity contribution in [3.05, 3.63) is 66.0 Å². The summed E-state index contributed by atoms with van der Waals surface area (Å²) in [6.07, 6.45) is 1.50. The number of primary amides is 1. The molecule has 28 heavy (non-hydrogen) atoms. The van der Waals surface area contributed by atoms with Crippen molar-refractivity contribution in [1.29, 1.82) is 0 Å². The summed E-state index contributed by atoms with van der Waals surface area (Å²) < 4.78 is 19.0. The second kappa shape index (κ2) is 7.84. The standard InChI is InChI=1S/C22H22FN3O2/c23-18-7-4-15(5-8-18)14-28-19-3-1-2-16-6-9-20(25-21(16)19)26-12-10-17(11-13-26)22(24)27/h1-9,17H,10-14H2,(H2,24,27). The Balaban J connectivity index is 1.54. The van der Waals surface area contributed by atoms with Crippen LogP contribution in [0.15, 0.2) is 54.6 Å². The molecule has 6 heteroatoms. The van der Waals surface area contributed by atoms with Crippen LogP contribution in [0, 0.1) is 11.7 Å². The van der Waals surface area contributed by atoms with Crippen molar-refractivity contribution < 1.29 is 13.9 Å². The maximum atomic E-state index is 13.1. The molecular formula is C22H22FN3O2. The van der Waals surface area contributed by atoms with Gasteiger partial charge in [0.25, 0.3) is 0 Å². The van der Waals surface area contributed by atoms with Gasteiger partial charge >= 0.3 is 0 Å². The molecule has 0 radical (unpaired) electrons. The molecule has 0 aliphatic carbocycles. The lowest BCUT2D eigenvalue weighted by atomic mass is 9.96. The highest BCUT2D eigenvalue weighted by Crippen LogP contribution is 2.29. The van der Waals surface area contributed by atoms with Crippen LogP contribution in [0.3, 0.4) is 0 Å². The molecule has 0 atom stereocenters. The van der Waals surface area contributed by atoms with Crippen LogP contribution in [-0.4, -0.2) is 24.0 Å². The van der Waals surface area contributed by atoms with E-state index in [0.717, 1.165) is 48.2 Å². The highest BCUT2D eigenvalue weighted by Gasteiger charge is 2.24. The van der Waals surface area contributed by atoms with Crippen molar-refractivity contribution in [2.24, 2.45) is 11.7 Å². The number of pyridine rings is 1. The topological polar surface area (TPSA) is 68.5 Å². The first kappa shape index (κ1) is 18.2. The largest absolute Gasteiger partial charge is 0.487 e. The molecule has 0 saturated carbocycles. The maximum Gasteiger partial charge on any atom is 0.220 e. The highest BCUT2D eigenvalue weighted by molar-refractivity contribution is 5.86. The molecule has 1 aliphatic rings. The normalized spacial score (nSPS) is 15.0. The monoisotopic (exact) mass is 379 g/mol. The number of amides is 1. The molecule has 0 unspecified atom stereocenters. The molecule has 1 fully saturated rings. The summed E-state index contributed by atoms with van der Waals surface area (Å²) in [6.45, 7) is 1.85. The Morgan fingerprint density at radius 1 is 1.11 bits per heavy atom. The number of halogens is 1. The molecule has 1 saturated heterocycles. The van der Waals surface area contributed by atoms with Crippen LogP contribution >= 0.6 is 0 Å². The number of piperidine rings is 1. The first-order valence-electron chi connectivity index (χ1n) is 9.41. The number of anilines is 1. The van der Waals surface area contributed by atoms with Gasteiger partial charge in [-0.05, 0) is 48.7 Å². The fourth-order valence-corrected chi connectivity index (χ4v) is 3.54. The number of para-hydroxylation sites is 1. The number of hydrogen-bond donors (Lipinski definition) is 1. The van der Waals surface area contributed by atoms with Crippen LogP contribution in [0.4, 0.5) is 10.2 Å². The van der Waals surface area contributed by atoms with Gasteiger partial charge in [0.15, 0.2) is 0 Å². The van der Waals surface area contributed by atoms with Gasteiger partial charge in [0.05, 0.1) is 0 Å². The van der Waals surface area contributed by atoms with Gasteiger partial charge in [0, 0.05) is 24.4 Å². The number of hydrogen-bond acceptors (Lipinski definition) is 4. The molecule has 1 aromatic heterocycles. The lowest BCUT2D eigenvalue weighted by molar-refractivity contribution is -0.122. The fourth-order valence-electron chi connectivity index (χ4n) is 3.54. The zero-order valence-electron chi connectivity index (χ0n) is 15.5. The number of benzene rings is 2. The minimum absolute atomic E-state index is 0.0497. The molecule has 0 bridgehead atoms. The van der Waals surface area contributed by atoms with Gasteiger partial charge in [-0.25, -0.2) is 9.37 Å². The van der Waals surface area contributed by atoms with E-state index in [9.17, 15) is 9.18 Å². The van der Waals surface area contributed by atoms with E-state index in [1.165, 1.54) is 12.1 Å². The molecule has 4 rings (SSSR count). The van der Waals surface area contributed by atoms with E-state index in [0.29, 0.717) is 12.4 Å². The first-order valence-corrected chi connectivity index (χ1v) is 9.41. The van der Waals surface area contributed by atoms with Gasteiger partial charge in [-0.1, -0.05) is 24.3 Å². The third kappa shape index (κ3) is 3.91.